The molecule has 0 aliphatic carbocycles. The molecule has 1 aromatic heterocycles. The molecule has 0 spiro atoms. The number of benzene rings is 2. The van der Waals surface area contributed by atoms with Crippen LogP contribution in [0.4, 0.5) is 0 Å². The number of nitrogens with one attached hydrogen (secondary N) is 1. The predicted octanol–water partition coefficient (Wildman–Crippen LogP) is 6.19. The molecule has 1 N–H and O–H groups in total. The van der Waals surface area contributed by atoms with Crippen molar-refractivity contribution in [1.82, 2.24) is 20.1 Å². The molecule has 3 aromatic rings. The van der Waals surface area contributed by atoms with Gasteiger partial charge in [0.25, 0.3) is 5.91 Å². The molecule has 0 saturated heterocycles. The smallest absolute Gasteiger partial charge is 0.253 e. The SMILES string of the molecule is C=CCn1c(SCc2ccc(Cl)cc2)nnc1[C@H](NC(=O)c1ccccc1Cl)C(C)C. The predicted molar refractivity (Wildman–Crippen MR) is 128 cm³/mol. The Bertz CT molecular complexity index is 1050. The van der Waals surface area contributed by atoms with Crippen LogP contribution in [0.15, 0.2) is 66.3 Å². The molecular weight excluding hydrogens is 451 g/mol. The molecule has 0 unspecified atom stereocenters. The van der Waals surface area contributed by atoms with Gasteiger partial charge in [0, 0.05) is 17.3 Å². The lowest BCUT2D eigenvalue weighted by atomic mass is 10.0. The summed E-state index contributed by atoms with van der Waals surface area (Å²) in [4.78, 5) is 12.9. The molecule has 0 radical (unpaired) electrons. The van der Waals surface area contributed by atoms with Crippen LogP contribution in [0.5, 0.6) is 0 Å². The van der Waals surface area contributed by atoms with Crippen molar-refractivity contribution in [2.45, 2.75) is 37.3 Å². The number of halogens is 2. The van der Waals surface area contributed by atoms with Crippen LogP contribution in [0.3, 0.4) is 0 Å². The van der Waals surface area contributed by atoms with E-state index in [0.717, 1.165) is 16.5 Å². The van der Waals surface area contributed by atoms with Crippen LogP contribution in [0.25, 0.3) is 0 Å². The molecule has 5 nitrogen and oxygen atoms in total. The van der Waals surface area contributed by atoms with E-state index in [1.165, 1.54) is 0 Å². The lowest BCUT2D eigenvalue weighted by Gasteiger charge is -2.23. The van der Waals surface area contributed by atoms with E-state index in [1.807, 2.05) is 42.7 Å². The maximum atomic E-state index is 12.9. The second-order valence-corrected chi connectivity index (χ2v) is 9.12. The molecule has 0 aliphatic heterocycles. The fraction of sp³-hybridized carbons (Fsp3) is 0.261. The monoisotopic (exact) mass is 474 g/mol. The lowest BCUT2D eigenvalue weighted by molar-refractivity contribution is 0.0922. The highest BCUT2D eigenvalue weighted by molar-refractivity contribution is 7.98. The third-order valence-electron chi connectivity index (χ3n) is 4.69. The summed E-state index contributed by atoms with van der Waals surface area (Å²) in [5.74, 6) is 1.26. The van der Waals surface area contributed by atoms with Gasteiger partial charge < -0.3 is 9.88 Å². The molecule has 0 saturated carbocycles. The molecule has 2 aromatic carbocycles. The van der Waals surface area contributed by atoms with Crippen molar-refractivity contribution < 1.29 is 4.79 Å². The van der Waals surface area contributed by atoms with Gasteiger partial charge in [-0.1, -0.05) is 79.2 Å². The topological polar surface area (TPSA) is 59.8 Å². The van der Waals surface area contributed by atoms with Crippen molar-refractivity contribution in [3.05, 3.63) is 88.2 Å². The molecule has 162 valence electrons. The van der Waals surface area contributed by atoms with E-state index in [0.29, 0.717) is 28.0 Å². The number of nitrogens with zero attached hydrogens (tertiary/aromatic N) is 3. The summed E-state index contributed by atoms with van der Waals surface area (Å²) in [6.45, 7) is 8.47. The second-order valence-electron chi connectivity index (χ2n) is 7.33. The van der Waals surface area contributed by atoms with Gasteiger partial charge in [0.1, 0.15) is 0 Å². The van der Waals surface area contributed by atoms with E-state index in [1.54, 1.807) is 42.1 Å². The highest BCUT2D eigenvalue weighted by atomic mass is 35.5. The molecule has 0 fully saturated rings. The van der Waals surface area contributed by atoms with Crippen LogP contribution in [0.1, 0.15) is 41.6 Å². The average Bonchev–Trinajstić information content (AvgIpc) is 3.14. The van der Waals surface area contributed by atoms with Crippen molar-refractivity contribution in [2.24, 2.45) is 5.92 Å². The van der Waals surface area contributed by atoms with E-state index in [4.69, 9.17) is 23.2 Å². The molecule has 1 heterocycles. The highest BCUT2D eigenvalue weighted by Crippen LogP contribution is 2.28. The Morgan fingerprint density at radius 3 is 2.52 bits per heavy atom. The van der Waals surface area contributed by atoms with Crippen molar-refractivity contribution in [2.75, 3.05) is 0 Å². The van der Waals surface area contributed by atoms with Gasteiger partial charge in [-0.05, 0) is 35.7 Å². The molecule has 31 heavy (non-hydrogen) atoms. The van der Waals surface area contributed by atoms with Crippen molar-refractivity contribution >= 4 is 40.9 Å². The van der Waals surface area contributed by atoms with Crippen LogP contribution in [-0.4, -0.2) is 20.7 Å². The maximum Gasteiger partial charge on any atom is 0.253 e. The second kappa shape index (κ2) is 10.8. The number of hydrogen-bond acceptors (Lipinski definition) is 4. The Morgan fingerprint density at radius 1 is 1.16 bits per heavy atom. The Labute approximate surface area is 196 Å². The molecular formula is C23H24Cl2N4OS. The largest absolute Gasteiger partial charge is 0.342 e. The zero-order chi connectivity index (χ0) is 22.4. The molecule has 1 atom stereocenters. The average molecular weight is 475 g/mol. The van der Waals surface area contributed by atoms with Gasteiger partial charge in [-0.15, -0.1) is 16.8 Å². The highest BCUT2D eigenvalue weighted by Gasteiger charge is 2.26. The van der Waals surface area contributed by atoms with Gasteiger partial charge >= 0.3 is 0 Å². The van der Waals surface area contributed by atoms with E-state index >= 15 is 0 Å². The van der Waals surface area contributed by atoms with Crippen LogP contribution < -0.4 is 5.32 Å². The van der Waals surface area contributed by atoms with Crippen molar-refractivity contribution in [1.29, 1.82) is 0 Å². The lowest BCUT2D eigenvalue weighted by Crippen LogP contribution is -2.34. The van der Waals surface area contributed by atoms with E-state index in [-0.39, 0.29) is 17.9 Å². The number of carbonyl (C=O) groups excluding carboxylic acids is 1. The normalized spacial score (nSPS) is 12.0. The number of thioether (sulfide) groups is 1. The van der Waals surface area contributed by atoms with Gasteiger partial charge in [-0.25, -0.2) is 0 Å². The Hall–Kier alpha value is -2.28. The number of carbonyl (C=O) groups is 1. The van der Waals surface area contributed by atoms with Crippen molar-refractivity contribution in [3.63, 3.8) is 0 Å². The first kappa shape index (κ1) is 23.4. The summed E-state index contributed by atoms with van der Waals surface area (Å²) in [5.41, 5.74) is 1.57. The third-order valence-corrected chi connectivity index (χ3v) is 6.31. The van der Waals surface area contributed by atoms with Crippen LogP contribution in [0, 0.1) is 5.92 Å². The molecule has 0 bridgehead atoms. The summed E-state index contributed by atoms with van der Waals surface area (Å²) in [5, 5.41) is 13.8. The minimum absolute atomic E-state index is 0.0910. The summed E-state index contributed by atoms with van der Waals surface area (Å²) >= 11 is 13.8. The first-order valence-corrected chi connectivity index (χ1v) is 11.6. The maximum absolute atomic E-state index is 12.9. The Morgan fingerprint density at radius 2 is 1.87 bits per heavy atom. The quantitative estimate of drug-likeness (QED) is 0.296. The number of aromatic nitrogens is 3. The van der Waals surface area contributed by atoms with Crippen LogP contribution in [0.2, 0.25) is 10.0 Å². The minimum atomic E-state index is -0.332. The zero-order valence-corrected chi connectivity index (χ0v) is 19.7. The Kier molecular flexibility index (Phi) is 8.18. The van der Waals surface area contributed by atoms with E-state index < -0.39 is 0 Å². The van der Waals surface area contributed by atoms with Gasteiger partial charge in [0.05, 0.1) is 16.6 Å². The van der Waals surface area contributed by atoms with E-state index in [2.05, 4.69) is 22.1 Å². The molecule has 0 aliphatic rings. The van der Waals surface area contributed by atoms with Gasteiger partial charge in [0.15, 0.2) is 11.0 Å². The summed E-state index contributed by atoms with van der Waals surface area (Å²) in [6, 6.07) is 14.4. The molecule has 3 rings (SSSR count). The molecule has 1 amide bonds. The van der Waals surface area contributed by atoms with Crippen LogP contribution >= 0.6 is 35.0 Å². The number of hydrogen-bond donors (Lipinski definition) is 1. The first-order chi connectivity index (χ1) is 14.9. The fourth-order valence-corrected chi connectivity index (χ4v) is 4.32. The number of allylic oxidation sites excluding steroid dienone is 1. The summed E-state index contributed by atoms with van der Waals surface area (Å²) in [6.07, 6.45) is 1.80. The van der Waals surface area contributed by atoms with Gasteiger partial charge in [0.2, 0.25) is 0 Å². The Balaban J connectivity index is 1.84. The fourth-order valence-electron chi connectivity index (χ4n) is 3.06. The number of rotatable bonds is 9. The standard InChI is InChI=1S/C23H24Cl2N4OS/c1-4-13-29-21(27-28-23(29)31-14-16-9-11-17(24)12-10-16)20(15(2)3)26-22(30)18-7-5-6-8-19(18)25/h4-12,15,20H,1,13-14H2,2-3H3,(H,26,30)/t20-/m1/s1. The van der Waals surface area contributed by atoms with Gasteiger partial charge in [-0.3, -0.25) is 4.79 Å². The van der Waals surface area contributed by atoms with Gasteiger partial charge in [-0.2, -0.15) is 0 Å². The summed E-state index contributed by atoms with van der Waals surface area (Å²) < 4.78 is 1.99. The minimum Gasteiger partial charge on any atom is -0.342 e. The first-order valence-electron chi connectivity index (χ1n) is 9.87. The number of amides is 1. The molecule has 8 heteroatoms. The van der Waals surface area contributed by atoms with Crippen LogP contribution in [-0.2, 0) is 12.3 Å². The third kappa shape index (κ3) is 5.91. The van der Waals surface area contributed by atoms with E-state index in [9.17, 15) is 4.79 Å². The summed E-state index contributed by atoms with van der Waals surface area (Å²) in [7, 11) is 0. The zero-order valence-electron chi connectivity index (χ0n) is 17.4. The van der Waals surface area contributed by atoms with Crippen molar-refractivity contribution in [3.8, 4) is 0 Å².